The molecule has 3 aromatic carbocycles. The summed E-state index contributed by atoms with van der Waals surface area (Å²) in [4.78, 5) is 16.5. The van der Waals surface area contributed by atoms with Crippen molar-refractivity contribution in [1.29, 1.82) is 0 Å². The smallest absolute Gasteiger partial charge is 0.224 e. The molecule has 30 heavy (non-hydrogen) atoms. The van der Waals surface area contributed by atoms with Gasteiger partial charge in [-0.3, -0.25) is 4.79 Å². The Hall–Kier alpha value is -3.27. The standard InChI is InChI=1S/C26H29N3O/c1-18-15-25(27-22-10-6-5-7-11-22)24-17-21(13-14-26(24)29(18)19(2)30)20-9-8-12-23(16-20)28(3)4/h5-14,16-18,25,27H,15H2,1-4H3/t18-,25+/m1/s1. The predicted molar refractivity (Wildman–Crippen MR) is 126 cm³/mol. The number of hydrogen-bond donors (Lipinski definition) is 1. The fraction of sp³-hybridized carbons (Fsp3) is 0.269. The lowest BCUT2D eigenvalue weighted by atomic mass is 9.88. The number of carbonyl (C=O) groups excluding carboxylic acids is 1. The number of amides is 1. The van der Waals surface area contributed by atoms with Gasteiger partial charge in [-0.2, -0.15) is 0 Å². The summed E-state index contributed by atoms with van der Waals surface area (Å²) < 4.78 is 0. The Morgan fingerprint density at radius 2 is 1.70 bits per heavy atom. The molecule has 1 aliphatic heterocycles. The number of benzene rings is 3. The second-order valence-corrected chi connectivity index (χ2v) is 8.26. The third-order valence-electron chi connectivity index (χ3n) is 5.83. The molecule has 0 unspecified atom stereocenters. The minimum Gasteiger partial charge on any atom is -0.378 e. The Morgan fingerprint density at radius 3 is 2.40 bits per heavy atom. The summed E-state index contributed by atoms with van der Waals surface area (Å²) >= 11 is 0. The molecule has 1 aliphatic rings. The molecule has 0 saturated heterocycles. The second-order valence-electron chi connectivity index (χ2n) is 8.26. The van der Waals surface area contributed by atoms with Gasteiger partial charge in [0.05, 0.1) is 6.04 Å². The molecule has 2 atom stereocenters. The summed E-state index contributed by atoms with van der Waals surface area (Å²) in [5, 5.41) is 3.69. The number of para-hydroxylation sites is 1. The fourth-order valence-electron chi connectivity index (χ4n) is 4.36. The highest BCUT2D eigenvalue weighted by atomic mass is 16.2. The van der Waals surface area contributed by atoms with Crippen LogP contribution in [0.2, 0.25) is 0 Å². The van der Waals surface area contributed by atoms with Crippen molar-refractivity contribution in [3.8, 4) is 11.1 Å². The highest BCUT2D eigenvalue weighted by Gasteiger charge is 2.32. The maximum atomic E-state index is 12.4. The summed E-state index contributed by atoms with van der Waals surface area (Å²) in [7, 11) is 4.11. The molecule has 4 rings (SSSR count). The molecule has 4 heteroatoms. The van der Waals surface area contributed by atoms with Gasteiger partial charge in [0, 0.05) is 44.1 Å². The number of fused-ring (bicyclic) bond motifs is 1. The Kier molecular flexibility index (Phi) is 5.49. The van der Waals surface area contributed by atoms with E-state index >= 15 is 0 Å². The maximum absolute atomic E-state index is 12.4. The van der Waals surface area contributed by atoms with E-state index in [4.69, 9.17) is 0 Å². The molecule has 0 aromatic heterocycles. The molecule has 154 valence electrons. The zero-order valence-corrected chi connectivity index (χ0v) is 18.1. The third kappa shape index (κ3) is 3.90. The topological polar surface area (TPSA) is 35.6 Å². The Morgan fingerprint density at radius 1 is 0.967 bits per heavy atom. The van der Waals surface area contributed by atoms with Gasteiger partial charge in [0.1, 0.15) is 0 Å². The minimum atomic E-state index is 0.0873. The fourth-order valence-corrected chi connectivity index (χ4v) is 4.36. The molecular formula is C26H29N3O. The van der Waals surface area contributed by atoms with Crippen LogP contribution < -0.4 is 15.1 Å². The van der Waals surface area contributed by atoms with Crippen molar-refractivity contribution >= 4 is 23.0 Å². The van der Waals surface area contributed by atoms with Crippen molar-refractivity contribution in [3.63, 3.8) is 0 Å². The van der Waals surface area contributed by atoms with E-state index in [-0.39, 0.29) is 18.0 Å². The normalized spacial score (nSPS) is 17.9. The Labute approximate surface area is 179 Å². The second kappa shape index (κ2) is 8.23. The van der Waals surface area contributed by atoms with Crippen LogP contribution in [0.25, 0.3) is 11.1 Å². The van der Waals surface area contributed by atoms with Crippen LogP contribution in [0.4, 0.5) is 17.1 Å². The number of hydrogen-bond acceptors (Lipinski definition) is 3. The van der Waals surface area contributed by atoms with E-state index in [1.54, 1.807) is 6.92 Å². The van der Waals surface area contributed by atoms with Gasteiger partial charge in [-0.25, -0.2) is 0 Å². The van der Waals surface area contributed by atoms with Gasteiger partial charge >= 0.3 is 0 Å². The monoisotopic (exact) mass is 399 g/mol. The zero-order chi connectivity index (χ0) is 21.3. The minimum absolute atomic E-state index is 0.0873. The first-order chi connectivity index (χ1) is 14.4. The number of rotatable bonds is 4. The summed E-state index contributed by atoms with van der Waals surface area (Å²) in [6, 6.07) is 25.6. The van der Waals surface area contributed by atoms with Crippen LogP contribution in [0.3, 0.4) is 0 Å². The van der Waals surface area contributed by atoms with Gasteiger partial charge in [0.2, 0.25) is 5.91 Å². The lowest BCUT2D eigenvalue weighted by Gasteiger charge is -2.39. The number of anilines is 3. The van der Waals surface area contributed by atoms with Crippen molar-refractivity contribution in [2.75, 3.05) is 29.2 Å². The molecule has 3 aromatic rings. The lowest BCUT2D eigenvalue weighted by molar-refractivity contribution is -0.117. The van der Waals surface area contributed by atoms with Gasteiger partial charge in [0.25, 0.3) is 0 Å². The first-order valence-corrected chi connectivity index (χ1v) is 10.5. The third-order valence-corrected chi connectivity index (χ3v) is 5.83. The van der Waals surface area contributed by atoms with E-state index < -0.39 is 0 Å². The molecule has 1 N–H and O–H groups in total. The van der Waals surface area contributed by atoms with Crippen molar-refractivity contribution in [2.45, 2.75) is 32.4 Å². The molecule has 4 nitrogen and oxygen atoms in total. The number of carbonyl (C=O) groups is 1. The molecular weight excluding hydrogens is 370 g/mol. The van der Waals surface area contributed by atoms with E-state index in [2.05, 4.69) is 85.8 Å². The molecule has 1 heterocycles. The Bertz CT molecular complexity index is 1050. The average molecular weight is 400 g/mol. The number of nitrogens with one attached hydrogen (secondary N) is 1. The van der Waals surface area contributed by atoms with Gasteiger partial charge in [-0.15, -0.1) is 0 Å². The largest absolute Gasteiger partial charge is 0.378 e. The first-order valence-electron chi connectivity index (χ1n) is 10.5. The summed E-state index contributed by atoms with van der Waals surface area (Å²) in [5.74, 6) is 0.0873. The first kappa shape index (κ1) is 20.0. The summed E-state index contributed by atoms with van der Waals surface area (Å²) in [6.07, 6.45) is 0.864. The molecule has 0 radical (unpaired) electrons. The van der Waals surface area contributed by atoms with Crippen LogP contribution in [-0.2, 0) is 4.79 Å². The Balaban J connectivity index is 1.78. The molecule has 0 spiro atoms. The zero-order valence-electron chi connectivity index (χ0n) is 18.1. The van der Waals surface area contributed by atoms with E-state index in [1.165, 1.54) is 16.8 Å². The van der Waals surface area contributed by atoms with Gasteiger partial charge in [-0.1, -0.05) is 36.4 Å². The maximum Gasteiger partial charge on any atom is 0.224 e. The van der Waals surface area contributed by atoms with Crippen LogP contribution in [0, 0.1) is 0 Å². The highest BCUT2D eigenvalue weighted by molar-refractivity contribution is 5.94. The van der Waals surface area contributed by atoms with Crippen molar-refractivity contribution in [3.05, 3.63) is 78.4 Å². The summed E-state index contributed by atoms with van der Waals surface area (Å²) in [5.41, 5.74) is 6.77. The quantitative estimate of drug-likeness (QED) is 0.610. The SMILES string of the molecule is CC(=O)N1c2ccc(-c3cccc(N(C)C)c3)cc2[C@@H](Nc2ccccc2)C[C@H]1C. The van der Waals surface area contributed by atoms with E-state index in [0.29, 0.717) is 0 Å². The van der Waals surface area contributed by atoms with E-state index in [1.807, 2.05) is 23.1 Å². The summed E-state index contributed by atoms with van der Waals surface area (Å²) in [6.45, 7) is 3.78. The molecule has 0 saturated carbocycles. The molecule has 0 aliphatic carbocycles. The molecule has 1 amide bonds. The highest BCUT2D eigenvalue weighted by Crippen LogP contribution is 2.41. The number of nitrogens with zero attached hydrogens (tertiary/aromatic N) is 2. The van der Waals surface area contributed by atoms with E-state index in [0.717, 1.165) is 23.4 Å². The van der Waals surface area contributed by atoms with Crippen molar-refractivity contribution in [1.82, 2.24) is 0 Å². The molecule has 0 bridgehead atoms. The van der Waals surface area contributed by atoms with Gasteiger partial charge in [-0.05, 0) is 66.4 Å². The van der Waals surface area contributed by atoms with Crippen molar-refractivity contribution < 1.29 is 4.79 Å². The lowest BCUT2D eigenvalue weighted by Crippen LogP contribution is -2.43. The van der Waals surface area contributed by atoms with Crippen molar-refractivity contribution in [2.24, 2.45) is 0 Å². The van der Waals surface area contributed by atoms with Gasteiger partial charge < -0.3 is 15.1 Å². The van der Waals surface area contributed by atoms with Crippen LogP contribution in [0.5, 0.6) is 0 Å². The predicted octanol–water partition coefficient (Wildman–Crippen LogP) is 5.72. The van der Waals surface area contributed by atoms with Crippen LogP contribution >= 0.6 is 0 Å². The van der Waals surface area contributed by atoms with Crippen LogP contribution in [0.15, 0.2) is 72.8 Å². The average Bonchev–Trinajstić information content (AvgIpc) is 2.74. The van der Waals surface area contributed by atoms with Gasteiger partial charge in [0.15, 0.2) is 0 Å². The van der Waals surface area contributed by atoms with E-state index in [9.17, 15) is 4.79 Å². The van der Waals surface area contributed by atoms with Crippen LogP contribution in [-0.4, -0.2) is 26.0 Å². The van der Waals surface area contributed by atoms with Crippen LogP contribution in [0.1, 0.15) is 31.9 Å². The molecule has 0 fully saturated rings.